The predicted molar refractivity (Wildman–Crippen MR) is 98.9 cm³/mol. The van der Waals surface area contributed by atoms with Gasteiger partial charge in [0.05, 0.1) is 11.8 Å². The molecule has 1 aromatic carbocycles. The van der Waals surface area contributed by atoms with Crippen LogP contribution in [0.4, 0.5) is 5.69 Å². The van der Waals surface area contributed by atoms with Crippen molar-refractivity contribution in [1.82, 2.24) is 4.90 Å². The zero-order valence-corrected chi connectivity index (χ0v) is 15.4. The Morgan fingerprint density at radius 1 is 1.26 bits per heavy atom. The minimum atomic E-state index is -0.160. The molecule has 1 rings (SSSR count). The third-order valence-electron chi connectivity index (χ3n) is 3.64. The van der Waals surface area contributed by atoms with E-state index in [2.05, 4.69) is 19.2 Å². The number of anilines is 1. The standard InChI is InChI=1S/C18H28N2O2S/c1-5-7-12-23-14(3)18(22)20(4)13-17(21)19-16-11-9-8-10-15(16)6-2/h8-11,14H,5-7,12-13H2,1-4H3,(H,19,21). The van der Waals surface area contributed by atoms with Gasteiger partial charge in [0.2, 0.25) is 11.8 Å². The van der Waals surface area contributed by atoms with Crippen LogP contribution in [0.25, 0.3) is 0 Å². The fraction of sp³-hybridized carbons (Fsp3) is 0.556. The molecule has 0 heterocycles. The predicted octanol–water partition coefficient (Wildman–Crippen LogP) is 3.57. The van der Waals surface area contributed by atoms with Crippen LogP contribution in [0.2, 0.25) is 0 Å². The number of hydrogen-bond donors (Lipinski definition) is 1. The van der Waals surface area contributed by atoms with E-state index >= 15 is 0 Å². The lowest BCUT2D eigenvalue weighted by Crippen LogP contribution is -2.39. The number of nitrogens with zero attached hydrogens (tertiary/aromatic N) is 1. The van der Waals surface area contributed by atoms with Crippen molar-refractivity contribution in [2.45, 2.75) is 45.3 Å². The van der Waals surface area contributed by atoms with Crippen LogP contribution in [0, 0.1) is 0 Å². The quantitative estimate of drug-likeness (QED) is 0.701. The molecule has 0 spiro atoms. The summed E-state index contributed by atoms with van der Waals surface area (Å²) in [6.45, 7) is 6.17. The molecule has 0 radical (unpaired) electrons. The van der Waals surface area contributed by atoms with Gasteiger partial charge in [-0.05, 0) is 37.1 Å². The zero-order chi connectivity index (χ0) is 17.2. The van der Waals surface area contributed by atoms with Gasteiger partial charge in [0.25, 0.3) is 0 Å². The number of carbonyl (C=O) groups excluding carboxylic acids is 2. The van der Waals surface area contributed by atoms with Gasteiger partial charge in [-0.1, -0.05) is 38.5 Å². The first-order valence-corrected chi connectivity index (χ1v) is 9.28. The Bertz CT molecular complexity index is 519. The summed E-state index contributed by atoms with van der Waals surface area (Å²) in [6, 6.07) is 7.74. The van der Waals surface area contributed by atoms with Crippen LogP contribution in [0.3, 0.4) is 0 Å². The fourth-order valence-electron chi connectivity index (χ4n) is 2.22. The van der Waals surface area contributed by atoms with Crippen LogP contribution in [0.5, 0.6) is 0 Å². The highest BCUT2D eigenvalue weighted by Gasteiger charge is 2.19. The average Bonchev–Trinajstić information content (AvgIpc) is 2.54. The minimum absolute atomic E-state index is 0.00466. The van der Waals surface area contributed by atoms with Gasteiger partial charge in [0, 0.05) is 12.7 Å². The van der Waals surface area contributed by atoms with Gasteiger partial charge in [-0.15, -0.1) is 11.8 Å². The van der Waals surface area contributed by atoms with Gasteiger partial charge >= 0.3 is 0 Å². The largest absolute Gasteiger partial charge is 0.335 e. The number of para-hydroxylation sites is 1. The van der Waals surface area contributed by atoms with E-state index in [0.717, 1.165) is 36.3 Å². The van der Waals surface area contributed by atoms with Crippen LogP contribution in [0.15, 0.2) is 24.3 Å². The van der Waals surface area contributed by atoms with Crippen molar-refractivity contribution < 1.29 is 9.59 Å². The van der Waals surface area contributed by atoms with Crippen molar-refractivity contribution in [1.29, 1.82) is 0 Å². The molecular formula is C18H28N2O2S. The highest BCUT2D eigenvalue weighted by Crippen LogP contribution is 2.16. The Kier molecular flexibility index (Phi) is 8.77. The minimum Gasteiger partial charge on any atom is -0.335 e. The fourth-order valence-corrected chi connectivity index (χ4v) is 3.35. The van der Waals surface area contributed by atoms with Gasteiger partial charge in [-0.3, -0.25) is 9.59 Å². The number of aryl methyl sites for hydroxylation is 1. The second-order valence-electron chi connectivity index (χ2n) is 5.62. The molecule has 0 aliphatic carbocycles. The summed E-state index contributed by atoms with van der Waals surface area (Å²) in [5.41, 5.74) is 1.92. The second kappa shape index (κ2) is 10.3. The van der Waals surface area contributed by atoms with Gasteiger partial charge in [-0.25, -0.2) is 0 Å². The summed E-state index contributed by atoms with van der Waals surface area (Å²) in [5.74, 6) is 0.824. The van der Waals surface area contributed by atoms with E-state index in [1.165, 1.54) is 4.90 Å². The van der Waals surface area contributed by atoms with E-state index in [1.807, 2.05) is 31.2 Å². The number of carbonyl (C=O) groups is 2. The number of nitrogens with one attached hydrogen (secondary N) is 1. The van der Waals surface area contributed by atoms with E-state index in [-0.39, 0.29) is 23.6 Å². The molecule has 5 heteroatoms. The maximum absolute atomic E-state index is 12.3. The molecule has 0 bridgehead atoms. The van der Waals surface area contributed by atoms with Crippen molar-refractivity contribution in [3.8, 4) is 0 Å². The molecule has 23 heavy (non-hydrogen) atoms. The molecule has 2 amide bonds. The molecule has 1 aromatic rings. The van der Waals surface area contributed by atoms with Crippen LogP contribution in [-0.4, -0.2) is 41.3 Å². The third-order valence-corrected chi connectivity index (χ3v) is 4.87. The van der Waals surface area contributed by atoms with Gasteiger partial charge in [0.15, 0.2) is 0 Å². The maximum Gasteiger partial charge on any atom is 0.243 e. The second-order valence-corrected chi connectivity index (χ2v) is 7.07. The van der Waals surface area contributed by atoms with Crippen molar-refractivity contribution in [3.63, 3.8) is 0 Å². The molecular weight excluding hydrogens is 308 g/mol. The molecule has 0 aliphatic rings. The topological polar surface area (TPSA) is 49.4 Å². The molecule has 0 saturated carbocycles. The molecule has 128 valence electrons. The van der Waals surface area contributed by atoms with Gasteiger partial charge in [0.1, 0.15) is 0 Å². The lowest BCUT2D eigenvalue weighted by Gasteiger charge is -2.21. The Hall–Kier alpha value is -1.49. The molecule has 0 aliphatic heterocycles. The lowest BCUT2D eigenvalue weighted by atomic mass is 10.1. The van der Waals surface area contributed by atoms with Crippen molar-refractivity contribution in [3.05, 3.63) is 29.8 Å². The summed E-state index contributed by atoms with van der Waals surface area (Å²) in [7, 11) is 1.69. The van der Waals surface area contributed by atoms with E-state index in [4.69, 9.17) is 0 Å². The molecule has 0 fully saturated rings. The summed E-state index contributed by atoms with van der Waals surface area (Å²) in [6.07, 6.45) is 3.10. The van der Waals surface area contributed by atoms with E-state index in [9.17, 15) is 9.59 Å². The number of rotatable bonds is 9. The molecule has 1 unspecified atom stereocenters. The summed E-state index contributed by atoms with van der Waals surface area (Å²) < 4.78 is 0. The van der Waals surface area contributed by atoms with E-state index in [0.29, 0.717) is 0 Å². The lowest BCUT2D eigenvalue weighted by molar-refractivity contribution is -0.132. The third kappa shape index (κ3) is 6.65. The maximum atomic E-state index is 12.3. The Morgan fingerprint density at radius 3 is 2.61 bits per heavy atom. The molecule has 1 N–H and O–H groups in total. The number of hydrogen-bond acceptors (Lipinski definition) is 3. The number of benzene rings is 1. The summed E-state index contributed by atoms with van der Waals surface area (Å²) >= 11 is 1.65. The number of unbranched alkanes of at least 4 members (excludes halogenated alkanes) is 1. The number of amides is 2. The SMILES string of the molecule is CCCCSC(C)C(=O)N(C)CC(=O)Nc1ccccc1CC. The first-order valence-electron chi connectivity index (χ1n) is 8.23. The van der Waals surface area contributed by atoms with E-state index < -0.39 is 0 Å². The normalized spacial score (nSPS) is 11.8. The highest BCUT2D eigenvalue weighted by molar-refractivity contribution is 8.00. The van der Waals surface area contributed by atoms with E-state index in [1.54, 1.807) is 18.8 Å². The Morgan fingerprint density at radius 2 is 1.96 bits per heavy atom. The monoisotopic (exact) mass is 336 g/mol. The molecule has 4 nitrogen and oxygen atoms in total. The molecule has 0 aromatic heterocycles. The highest BCUT2D eigenvalue weighted by atomic mass is 32.2. The Labute approximate surface area is 144 Å². The first-order chi connectivity index (χ1) is 11.0. The van der Waals surface area contributed by atoms with Crippen LogP contribution in [0.1, 0.15) is 39.2 Å². The Balaban J connectivity index is 2.51. The molecule has 0 saturated heterocycles. The summed E-state index contributed by atoms with van der Waals surface area (Å²) in [4.78, 5) is 25.9. The van der Waals surface area contributed by atoms with Crippen LogP contribution < -0.4 is 5.32 Å². The van der Waals surface area contributed by atoms with Crippen molar-refractivity contribution >= 4 is 29.3 Å². The zero-order valence-electron chi connectivity index (χ0n) is 14.6. The van der Waals surface area contributed by atoms with Gasteiger partial charge < -0.3 is 10.2 Å². The number of thioether (sulfide) groups is 1. The van der Waals surface area contributed by atoms with Crippen molar-refractivity contribution in [2.24, 2.45) is 0 Å². The van der Waals surface area contributed by atoms with Crippen LogP contribution >= 0.6 is 11.8 Å². The van der Waals surface area contributed by atoms with Crippen LogP contribution in [-0.2, 0) is 16.0 Å². The van der Waals surface area contributed by atoms with Crippen molar-refractivity contribution in [2.75, 3.05) is 24.7 Å². The smallest absolute Gasteiger partial charge is 0.243 e. The number of likely N-dealkylation sites (N-methyl/N-ethyl adjacent to an activating group) is 1. The average molecular weight is 337 g/mol. The summed E-state index contributed by atoms with van der Waals surface area (Å²) in [5, 5.41) is 2.79. The molecule has 1 atom stereocenters. The first kappa shape index (κ1) is 19.6. The van der Waals surface area contributed by atoms with Gasteiger partial charge in [-0.2, -0.15) is 0 Å².